The maximum absolute atomic E-state index is 11.3. The first kappa shape index (κ1) is 17.7. The summed E-state index contributed by atoms with van der Waals surface area (Å²) in [5.74, 6) is 1.33. The van der Waals surface area contributed by atoms with Crippen molar-refractivity contribution in [2.75, 3.05) is 0 Å². The van der Waals surface area contributed by atoms with Gasteiger partial charge in [0.25, 0.3) is 0 Å². The number of rotatable bonds is 9. The van der Waals surface area contributed by atoms with Crippen LogP contribution in [-0.4, -0.2) is 15.3 Å². The number of carbonyl (C=O) groups excluding carboxylic acids is 1. The summed E-state index contributed by atoms with van der Waals surface area (Å²) in [5.41, 5.74) is 2.32. The van der Waals surface area contributed by atoms with Crippen LogP contribution in [0.3, 0.4) is 0 Å². The summed E-state index contributed by atoms with van der Waals surface area (Å²) in [5, 5.41) is 2.11. The number of nitrogens with zero attached hydrogens (tertiary/aromatic N) is 2. The quantitative estimate of drug-likeness (QED) is 0.654. The molecule has 0 aliphatic heterocycles. The molecular formula is C19H26N2OS. The van der Waals surface area contributed by atoms with Crippen molar-refractivity contribution in [2.45, 2.75) is 59.4 Å². The molecule has 0 atom stereocenters. The van der Waals surface area contributed by atoms with Gasteiger partial charge in [-0.3, -0.25) is 4.79 Å². The van der Waals surface area contributed by atoms with Gasteiger partial charge in [0, 0.05) is 36.9 Å². The fourth-order valence-corrected chi connectivity index (χ4v) is 3.34. The van der Waals surface area contributed by atoms with Gasteiger partial charge in [0.15, 0.2) is 0 Å². The number of aryl methyl sites for hydroxylation is 2. The molecule has 0 unspecified atom stereocenters. The predicted octanol–water partition coefficient (Wildman–Crippen LogP) is 4.91. The second-order valence-electron chi connectivity index (χ2n) is 6.08. The molecule has 2 heterocycles. The van der Waals surface area contributed by atoms with Crippen molar-refractivity contribution in [2.24, 2.45) is 0 Å². The Bertz CT molecular complexity index is 653. The number of aromatic nitrogens is 2. The molecule has 0 fully saturated rings. The summed E-state index contributed by atoms with van der Waals surface area (Å²) in [6.07, 6.45) is 9.07. The number of hydrogen-bond donors (Lipinski definition) is 0. The summed E-state index contributed by atoms with van der Waals surface area (Å²) in [4.78, 5) is 17.4. The van der Waals surface area contributed by atoms with Crippen LogP contribution < -0.4 is 0 Å². The highest BCUT2D eigenvalue weighted by atomic mass is 32.1. The molecule has 23 heavy (non-hydrogen) atoms. The Morgan fingerprint density at radius 1 is 1.39 bits per heavy atom. The third-order valence-corrected chi connectivity index (χ3v) is 4.64. The van der Waals surface area contributed by atoms with E-state index in [1.807, 2.05) is 0 Å². The maximum Gasteiger partial charge on any atom is 0.131 e. The number of Topliss-reactive ketones (excluding diaryl/α,β-unsaturated/α-hetero) is 1. The van der Waals surface area contributed by atoms with Gasteiger partial charge in [-0.15, -0.1) is 11.3 Å². The Labute approximate surface area is 143 Å². The van der Waals surface area contributed by atoms with Crippen molar-refractivity contribution < 1.29 is 4.79 Å². The minimum atomic E-state index is 0.228. The van der Waals surface area contributed by atoms with Crippen molar-refractivity contribution >= 4 is 23.2 Å². The normalized spacial score (nSPS) is 11.9. The first-order valence-corrected chi connectivity index (χ1v) is 9.21. The highest BCUT2D eigenvalue weighted by Crippen LogP contribution is 2.17. The Balaban J connectivity index is 2.12. The van der Waals surface area contributed by atoms with Crippen LogP contribution in [0.4, 0.5) is 0 Å². The molecule has 0 spiro atoms. The van der Waals surface area contributed by atoms with E-state index in [1.165, 1.54) is 10.5 Å². The van der Waals surface area contributed by atoms with Gasteiger partial charge in [0.05, 0.1) is 5.69 Å². The van der Waals surface area contributed by atoms with Crippen LogP contribution >= 0.6 is 11.3 Å². The zero-order valence-electron chi connectivity index (χ0n) is 14.3. The lowest BCUT2D eigenvalue weighted by Gasteiger charge is -2.05. The molecule has 124 valence electrons. The average molecular weight is 330 g/mol. The number of ketones is 1. The van der Waals surface area contributed by atoms with Gasteiger partial charge in [0.2, 0.25) is 0 Å². The predicted molar refractivity (Wildman–Crippen MR) is 97.8 cm³/mol. The van der Waals surface area contributed by atoms with Gasteiger partial charge < -0.3 is 4.57 Å². The third-order valence-electron chi connectivity index (χ3n) is 3.76. The Kier molecular flexibility index (Phi) is 6.78. The van der Waals surface area contributed by atoms with Crippen molar-refractivity contribution in [1.82, 2.24) is 9.55 Å². The Hall–Kier alpha value is -1.68. The van der Waals surface area contributed by atoms with Crippen LogP contribution in [0.25, 0.3) is 6.08 Å². The lowest BCUT2D eigenvalue weighted by Crippen LogP contribution is -2.06. The lowest BCUT2D eigenvalue weighted by molar-refractivity contribution is -0.117. The van der Waals surface area contributed by atoms with Crippen LogP contribution in [0.2, 0.25) is 0 Å². The molecule has 0 saturated heterocycles. The number of thiophene rings is 1. The van der Waals surface area contributed by atoms with Gasteiger partial charge in [0.1, 0.15) is 11.6 Å². The van der Waals surface area contributed by atoms with E-state index in [9.17, 15) is 4.79 Å². The minimum absolute atomic E-state index is 0.228. The van der Waals surface area contributed by atoms with Crippen LogP contribution in [-0.2, 0) is 24.2 Å². The van der Waals surface area contributed by atoms with E-state index >= 15 is 0 Å². The molecule has 0 saturated carbocycles. The van der Waals surface area contributed by atoms with E-state index in [4.69, 9.17) is 4.98 Å². The summed E-state index contributed by atoms with van der Waals surface area (Å²) < 4.78 is 2.15. The summed E-state index contributed by atoms with van der Waals surface area (Å²) in [6.45, 7) is 6.72. The molecule has 0 aliphatic rings. The molecule has 3 nitrogen and oxygen atoms in total. The van der Waals surface area contributed by atoms with E-state index < -0.39 is 0 Å². The first-order chi connectivity index (χ1) is 11.1. The Morgan fingerprint density at radius 2 is 2.22 bits per heavy atom. The zero-order valence-corrected chi connectivity index (χ0v) is 15.2. The van der Waals surface area contributed by atoms with Crippen LogP contribution in [0.1, 0.15) is 56.4 Å². The fourth-order valence-electron chi connectivity index (χ4n) is 2.54. The largest absolute Gasteiger partial charge is 0.334 e. The van der Waals surface area contributed by atoms with Gasteiger partial charge in [-0.05, 0) is 37.8 Å². The summed E-state index contributed by atoms with van der Waals surface area (Å²) in [6, 6.07) is 4.26. The van der Waals surface area contributed by atoms with Crippen molar-refractivity contribution in [1.29, 1.82) is 0 Å². The third kappa shape index (κ3) is 5.79. The van der Waals surface area contributed by atoms with Crippen molar-refractivity contribution in [3.63, 3.8) is 0 Å². The number of unbranched alkanes of at least 4 members (excludes halogenated alkanes) is 1. The molecule has 2 rings (SSSR count). The second kappa shape index (κ2) is 8.82. The molecule has 2 aromatic heterocycles. The number of carbonyl (C=O) groups is 1. The van der Waals surface area contributed by atoms with E-state index in [2.05, 4.69) is 48.2 Å². The standard InChI is InChI=1S/C19H26N2OS/c1-4-5-8-19-20-17(14-21(19)10-9-16(3)22)12-15(2)13-18-7-6-11-23-18/h6-7,11-12,14H,4-5,8-10,13H2,1-3H3/b15-12+. The zero-order chi connectivity index (χ0) is 16.7. The summed E-state index contributed by atoms with van der Waals surface area (Å²) >= 11 is 1.79. The molecule has 0 radical (unpaired) electrons. The monoisotopic (exact) mass is 330 g/mol. The molecule has 2 aromatic rings. The van der Waals surface area contributed by atoms with Gasteiger partial charge in [-0.2, -0.15) is 0 Å². The molecule has 0 aliphatic carbocycles. The van der Waals surface area contributed by atoms with Gasteiger partial charge in [-0.1, -0.05) is 25.0 Å². The van der Waals surface area contributed by atoms with Crippen molar-refractivity contribution in [3.05, 3.63) is 45.7 Å². The topological polar surface area (TPSA) is 34.9 Å². The molecule has 0 bridgehead atoms. The SMILES string of the molecule is CCCCc1nc(/C=C(\C)Cc2cccs2)cn1CCC(C)=O. The molecule has 0 N–H and O–H groups in total. The second-order valence-corrected chi connectivity index (χ2v) is 7.11. The molecule has 0 amide bonds. The minimum Gasteiger partial charge on any atom is -0.334 e. The highest BCUT2D eigenvalue weighted by molar-refractivity contribution is 7.09. The van der Waals surface area contributed by atoms with Crippen LogP contribution in [0, 0.1) is 0 Å². The van der Waals surface area contributed by atoms with E-state index in [0.29, 0.717) is 6.42 Å². The number of imidazole rings is 1. The summed E-state index contributed by atoms with van der Waals surface area (Å²) in [7, 11) is 0. The van der Waals surface area contributed by atoms with E-state index in [0.717, 1.165) is 43.7 Å². The maximum atomic E-state index is 11.3. The number of allylic oxidation sites excluding steroid dienone is 1. The smallest absolute Gasteiger partial charge is 0.131 e. The van der Waals surface area contributed by atoms with E-state index in [1.54, 1.807) is 18.3 Å². The molecule has 0 aromatic carbocycles. The van der Waals surface area contributed by atoms with Gasteiger partial charge in [-0.25, -0.2) is 4.98 Å². The van der Waals surface area contributed by atoms with Crippen molar-refractivity contribution in [3.8, 4) is 0 Å². The first-order valence-electron chi connectivity index (χ1n) is 8.33. The molecular weight excluding hydrogens is 304 g/mol. The van der Waals surface area contributed by atoms with Crippen LogP contribution in [0.5, 0.6) is 0 Å². The lowest BCUT2D eigenvalue weighted by atomic mass is 10.1. The molecule has 4 heteroatoms. The number of hydrogen-bond acceptors (Lipinski definition) is 3. The fraction of sp³-hybridized carbons (Fsp3) is 0.474. The van der Waals surface area contributed by atoms with Crippen LogP contribution in [0.15, 0.2) is 29.3 Å². The van der Waals surface area contributed by atoms with Gasteiger partial charge >= 0.3 is 0 Å². The van der Waals surface area contributed by atoms with E-state index in [-0.39, 0.29) is 5.78 Å². The average Bonchev–Trinajstić information content (AvgIpc) is 3.12. The Morgan fingerprint density at radius 3 is 2.87 bits per heavy atom. The highest BCUT2D eigenvalue weighted by Gasteiger charge is 2.08.